The van der Waals surface area contributed by atoms with E-state index in [0.29, 0.717) is 25.7 Å². The Bertz CT molecular complexity index is 279. The summed E-state index contributed by atoms with van der Waals surface area (Å²) in [4.78, 5) is 14.2. The van der Waals surface area contributed by atoms with Crippen LogP contribution >= 0.6 is 0 Å². The molecule has 2 heterocycles. The lowest BCUT2D eigenvalue weighted by Gasteiger charge is -2.28. The fourth-order valence-electron chi connectivity index (χ4n) is 2.78. The first-order valence-electron chi connectivity index (χ1n) is 6.97. The van der Waals surface area contributed by atoms with E-state index >= 15 is 0 Å². The fourth-order valence-corrected chi connectivity index (χ4v) is 2.78. The maximum atomic E-state index is 12.4. The Morgan fingerprint density at radius 3 is 2.89 bits per heavy atom. The number of carbonyl (C=O) groups is 1. The van der Waals surface area contributed by atoms with Gasteiger partial charge in [-0.2, -0.15) is 0 Å². The summed E-state index contributed by atoms with van der Waals surface area (Å²) in [5, 5.41) is 12.5. The molecule has 2 aliphatic heterocycles. The summed E-state index contributed by atoms with van der Waals surface area (Å²) in [6, 6.07) is 0.372. The van der Waals surface area contributed by atoms with Crippen LogP contribution in [-0.4, -0.2) is 60.9 Å². The van der Waals surface area contributed by atoms with Gasteiger partial charge in [-0.25, -0.2) is 0 Å². The van der Waals surface area contributed by atoms with Gasteiger partial charge in [0.05, 0.1) is 6.61 Å². The number of aliphatic hydroxyl groups excluding tert-OH is 1. The van der Waals surface area contributed by atoms with Gasteiger partial charge in [0.15, 0.2) is 0 Å². The van der Waals surface area contributed by atoms with Crippen molar-refractivity contribution in [2.75, 3.05) is 32.8 Å². The molecule has 18 heavy (non-hydrogen) atoms. The average Bonchev–Trinajstić information content (AvgIpc) is 2.99. The molecule has 0 aliphatic carbocycles. The smallest absolute Gasteiger partial charge is 0.252 e. The molecule has 5 nitrogen and oxygen atoms in total. The lowest BCUT2D eigenvalue weighted by atomic mass is 10.0. The van der Waals surface area contributed by atoms with E-state index in [0.717, 1.165) is 19.4 Å². The number of carbonyl (C=O) groups excluding carboxylic acids is 1. The summed E-state index contributed by atoms with van der Waals surface area (Å²) in [6.07, 6.45) is 2.92. The monoisotopic (exact) mass is 256 g/mol. The molecule has 3 unspecified atom stereocenters. The molecule has 5 heteroatoms. The molecule has 2 N–H and O–H groups in total. The quantitative estimate of drug-likeness (QED) is 0.726. The lowest BCUT2D eigenvalue weighted by molar-refractivity contribution is -0.143. The first-order chi connectivity index (χ1) is 8.72. The Morgan fingerprint density at radius 1 is 1.50 bits per heavy atom. The minimum atomic E-state index is -0.307. The molecule has 2 aliphatic rings. The van der Waals surface area contributed by atoms with Gasteiger partial charge in [-0.15, -0.1) is 0 Å². The highest BCUT2D eigenvalue weighted by atomic mass is 16.5. The molecule has 2 saturated heterocycles. The molecule has 3 atom stereocenters. The number of rotatable bonds is 5. The van der Waals surface area contributed by atoms with E-state index in [4.69, 9.17) is 9.84 Å². The van der Waals surface area contributed by atoms with Gasteiger partial charge in [0.1, 0.15) is 6.10 Å². The summed E-state index contributed by atoms with van der Waals surface area (Å²) in [5.74, 6) is 0.331. The second-order valence-electron chi connectivity index (χ2n) is 5.36. The standard InChI is InChI=1S/C13H24N2O3/c1-10-4-8-18-12(10)13(17)15(6-7-16)9-11-3-2-5-14-11/h10-12,14,16H,2-9H2,1H3. The average molecular weight is 256 g/mol. The van der Waals surface area contributed by atoms with Crippen LogP contribution < -0.4 is 5.32 Å². The maximum absolute atomic E-state index is 12.4. The molecule has 0 aromatic rings. The van der Waals surface area contributed by atoms with Crippen LogP contribution in [0.15, 0.2) is 0 Å². The lowest BCUT2D eigenvalue weighted by Crippen LogP contribution is -2.47. The Balaban J connectivity index is 1.92. The van der Waals surface area contributed by atoms with Crippen molar-refractivity contribution in [2.24, 2.45) is 5.92 Å². The summed E-state index contributed by atoms with van der Waals surface area (Å²) in [7, 11) is 0. The second-order valence-corrected chi connectivity index (χ2v) is 5.36. The number of amides is 1. The molecule has 0 aromatic carbocycles. The number of nitrogens with one attached hydrogen (secondary N) is 1. The van der Waals surface area contributed by atoms with E-state index in [2.05, 4.69) is 12.2 Å². The summed E-state index contributed by atoms with van der Waals surface area (Å²) < 4.78 is 5.53. The van der Waals surface area contributed by atoms with Gasteiger partial charge in [0, 0.05) is 25.7 Å². The van der Waals surface area contributed by atoms with Crippen molar-refractivity contribution in [3.63, 3.8) is 0 Å². The number of hydrogen-bond acceptors (Lipinski definition) is 4. The predicted octanol–water partition coefficient (Wildman–Crippen LogP) is -0.0157. The van der Waals surface area contributed by atoms with Crippen LogP contribution in [0.2, 0.25) is 0 Å². The fraction of sp³-hybridized carbons (Fsp3) is 0.923. The number of hydrogen-bond donors (Lipinski definition) is 2. The van der Waals surface area contributed by atoms with Gasteiger partial charge in [-0.05, 0) is 31.7 Å². The van der Waals surface area contributed by atoms with Gasteiger partial charge < -0.3 is 20.1 Å². The maximum Gasteiger partial charge on any atom is 0.252 e. The predicted molar refractivity (Wildman–Crippen MR) is 68.2 cm³/mol. The molecular weight excluding hydrogens is 232 g/mol. The second kappa shape index (κ2) is 6.50. The normalized spacial score (nSPS) is 31.8. The summed E-state index contributed by atoms with van der Waals surface area (Å²) in [5.41, 5.74) is 0. The van der Waals surface area contributed by atoms with Gasteiger partial charge in [-0.1, -0.05) is 6.92 Å². The van der Waals surface area contributed by atoms with Crippen molar-refractivity contribution in [3.8, 4) is 0 Å². The van der Waals surface area contributed by atoms with Crippen molar-refractivity contribution in [3.05, 3.63) is 0 Å². The highest BCUT2D eigenvalue weighted by Gasteiger charge is 2.34. The third-order valence-electron chi connectivity index (χ3n) is 3.92. The van der Waals surface area contributed by atoms with Crippen LogP contribution in [0, 0.1) is 5.92 Å². The van der Waals surface area contributed by atoms with Crippen LogP contribution in [0.4, 0.5) is 0 Å². The van der Waals surface area contributed by atoms with E-state index in [1.54, 1.807) is 4.90 Å². The first kappa shape index (κ1) is 13.8. The largest absolute Gasteiger partial charge is 0.395 e. The third kappa shape index (κ3) is 3.22. The molecule has 0 radical (unpaired) electrons. The van der Waals surface area contributed by atoms with Crippen LogP contribution in [0.25, 0.3) is 0 Å². The van der Waals surface area contributed by atoms with Crippen LogP contribution in [0.5, 0.6) is 0 Å². The Labute approximate surface area is 108 Å². The Hall–Kier alpha value is -0.650. The number of aliphatic hydroxyl groups is 1. The van der Waals surface area contributed by atoms with Gasteiger partial charge in [-0.3, -0.25) is 4.79 Å². The minimum Gasteiger partial charge on any atom is -0.395 e. The molecule has 0 spiro atoms. The van der Waals surface area contributed by atoms with Crippen molar-refractivity contribution in [2.45, 2.75) is 38.3 Å². The highest BCUT2D eigenvalue weighted by Crippen LogP contribution is 2.22. The topological polar surface area (TPSA) is 61.8 Å². The number of nitrogens with zero attached hydrogens (tertiary/aromatic N) is 1. The van der Waals surface area contributed by atoms with Crippen molar-refractivity contribution < 1.29 is 14.6 Å². The zero-order valence-corrected chi connectivity index (χ0v) is 11.1. The van der Waals surface area contributed by atoms with Crippen molar-refractivity contribution in [1.29, 1.82) is 0 Å². The van der Waals surface area contributed by atoms with Crippen LogP contribution in [-0.2, 0) is 9.53 Å². The molecule has 1 amide bonds. The molecule has 0 aromatic heterocycles. The van der Waals surface area contributed by atoms with E-state index in [-0.39, 0.29) is 24.5 Å². The van der Waals surface area contributed by atoms with Gasteiger partial charge in [0.25, 0.3) is 5.91 Å². The van der Waals surface area contributed by atoms with Crippen molar-refractivity contribution >= 4 is 5.91 Å². The van der Waals surface area contributed by atoms with E-state index in [9.17, 15) is 4.79 Å². The highest BCUT2D eigenvalue weighted by molar-refractivity contribution is 5.81. The van der Waals surface area contributed by atoms with Crippen LogP contribution in [0.1, 0.15) is 26.2 Å². The third-order valence-corrected chi connectivity index (χ3v) is 3.92. The SMILES string of the molecule is CC1CCOC1C(=O)N(CCO)CC1CCCN1. The molecule has 104 valence electrons. The van der Waals surface area contributed by atoms with E-state index < -0.39 is 0 Å². The van der Waals surface area contributed by atoms with Crippen molar-refractivity contribution in [1.82, 2.24) is 10.2 Å². The van der Waals surface area contributed by atoms with E-state index in [1.165, 1.54) is 6.42 Å². The number of ether oxygens (including phenoxy) is 1. The minimum absolute atomic E-state index is 0.0135. The van der Waals surface area contributed by atoms with Gasteiger partial charge in [0.2, 0.25) is 0 Å². The summed E-state index contributed by atoms with van der Waals surface area (Å²) in [6.45, 7) is 4.87. The Kier molecular flexibility index (Phi) is 4.97. The van der Waals surface area contributed by atoms with E-state index in [1.807, 2.05) is 0 Å². The first-order valence-corrected chi connectivity index (χ1v) is 6.97. The Morgan fingerprint density at radius 2 is 2.33 bits per heavy atom. The zero-order chi connectivity index (χ0) is 13.0. The zero-order valence-electron chi connectivity index (χ0n) is 11.1. The molecule has 0 saturated carbocycles. The molecular formula is C13H24N2O3. The molecule has 2 fully saturated rings. The van der Waals surface area contributed by atoms with Crippen LogP contribution in [0.3, 0.4) is 0 Å². The molecule has 2 rings (SSSR count). The summed E-state index contributed by atoms with van der Waals surface area (Å²) >= 11 is 0. The van der Waals surface area contributed by atoms with Gasteiger partial charge >= 0.3 is 0 Å². The molecule has 0 bridgehead atoms.